The van der Waals surface area contributed by atoms with E-state index in [-0.39, 0.29) is 22.7 Å². The predicted molar refractivity (Wildman–Crippen MR) is 105 cm³/mol. The summed E-state index contributed by atoms with van der Waals surface area (Å²) < 4.78 is 70.1. The van der Waals surface area contributed by atoms with Crippen LogP contribution >= 0.6 is 0 Å². The number of alkyl halides is 3. The van der Waals surface area contributed by atoms with Gasteiger partial charge in [-0.3, -0.25) is 4.40 Å². The van der Waals surface area contributed by atoms with Gasteiger partial charge in [0.2, 0.25) is 0 Å². The van der Waals surface area contributed by atoms with Crippen LogP contribution in [0.25, 0.3) is 16.9 Å². The Morgan fingerprint density at radius 1 is 0.900 bits per heavy atom. The number of benzene rings is 2. The van der Waals surface area contributed by atoms with Crippen molar-refractivity contribution < 1.29 is 22.0 Å². The van der Waals surface area contributed by atoms with Crippen molar-refractivity contribution in [2.45, 2.75) is 20.0 Å². The molecule has 0 fully saturated rings. The van der Waals surface area contributed by atoms with Crippen LogP contribution in [0.1, 0.15) is 16.8 Å². The Kier molecular flexibility index (Phi) is 4.72. The van der Waals surface area contributed by atoms with Crippen LogP contribution in [-0.4, -0.2) is 9.38 Å². The van der Waals surface area contributed by atoms with Crippen LogP contribution in [0.4, 0.5) is 33.5 Å². The van der Waals surface area contributed by atoms with Gasteiger partial charge in [-0.2, -0.15) is 13.2 Å². The van der Waals surface area contributed by atoms with E-state index >= 15 is 0 Å². The van der Waals surface area contributed by atoms with E-state index in [1.165, 1.54) is 12.1 Å². The first-order valence-electron chi connectivity index (χ1n) is 9.04. The van der Waals surface area contributed by atoms with Gasteiger partial charge in [0.15, 0.2) is 0 Å². The van der Waals surface area contributed by atoms with E-state index in [4.69, 9.17) is 0 Å². The van der Waals surface area contributed by atoms with Crippen LogP contribution in [0.5, 0.6) is 0 Å². The number of nitrogens with one attached hydrogen (secondary N) is 1. The topological polar surface area (TPSA) is 29.3 Å². The second-order valence-corrected chi connectivity index (χ2v) is 6.93. The third-order valence-electron chi connectivity index (χ3n) is 4.84. The first kappa shape index (κ1) is 19.9. The number of pyridine rings is 1. The Morgan fingerprint density at radius 2 is 1.57 bits per heavy atom. The van der Waals surface area contributed by atoms with E-state index in [9.17, 15) is 22.0 Å². The molecule has 4 rings (SSSR count). The molecule has 2 aromatic heterocycles. The number of halogens is 5. The first-order valence-corrected chi connectivity index (χ1v) is 9.04. The van der Waals surface area contributed by atoms with Gasteiger partial charge in [0.05, 0.1) is 0 Å². The molecule has 2 aromatic carbocycles. The molecule has 1 N–H and O–H groups in total. The number of rotatable bonds is 3. The van der Waals surface area contributed by atoms with Gasteiger partial charge < -0.3 is 5.32 Å². The van der Waals surface area contributed by atoms with Gasteiger partial charge in [-0.1, -0.05) is 24.3 Å². The molecule has 0 bridgehead atoms. The van der Waals surface area contributed by atoms with E-state index in [1.54, 1.807) is 26.0 Å². The summed E-state index contributed by atoms with van der Waals surface area (Å²) in [7, 11) is 0. The SMILES string of the molecule is Cc1cccc(C)c1Nc1c(-c2ccc(F)cc2F)nc2cccc(C(F)(F)F)n12. The number of aryl methyl sites for hydroxylation is 2. The molecule has 2 heterocycles. The highest BCUT2D eigenvalue weighted by Gasteiger charge is 2.35. The van der Waals surface area contributed by atoms with Crippen LogP contribution < -0.4 is 5.32 Å². The minimum atomic E-state index is -4.67. The third-order valence-corrected chi connectivity index (χ3v) is 4.84. The second-order valence-electron chi connectivity index (χ2n) is 6.93. The van der Waals surface area contributed by atoms with E-state index in [0.29, 0.717) is 11.8 Å². The average molecular weight is 417 g/mol. The molecule has 0 unspecified atom stereocenters. The van der Waals surface area contributed by atoms with Gasteiger partial charge in [-0.15, -0.1) is 0 Å². The quantitative estimate of drug-likeness (QED) is 0.378. The molecule has 3 nitrogen and oxygen atoms in total. The van der Waals surface area contributed by atoms with E-state index < -0.39 is 23.5 Å². The number of aromatic nitrogens is 2. The van der Waals surface area contributed by atoms with Gasteiger partial charge >= 0.3 is 6.18 Å². The maximum atomic E-state index is 14.5. The van der Waals surface area contributed by atoms with Crippen molar-refractivity contribution in [1.29, 1.82) is 0 Å². The molecule has 4 aromatic rings. The molecule has 30 heavy (non-hydrogen) atoms. The molecule has 0 radical (unpaired) electrons. The van der Waals surface area contributed by atoms with Gasteiger partial charge in [0.25, 0.3) is 0 Å². The Balaban J connectivity index is 2.06. The second kappa shape index (κ2) is 7.12. The summed E-state index contributed by atoms with van der Waals surface area (Å²) in [6, 6.07) is 11.9. The molecule has 0 spiro atoms. The van der Waals surface area contributed by atoms with Crippen LogP contribution in [0.3, 0.4) is 0 Å². The van der Waals surface area contributed by atoms with Crippen molar-refractivity contribution in [2.75, 3.05) is 5.32 Å². The van der Waals surface area contributed by atoms with Crippen LogP contribution in [-0.2, 0) is 6.18 Å². The fraction of sp³-hybridized carbons (Fsp3) is 0.136. The Hall–Kier alpha value is -3.42. The predicted octanol–water partition coefficient (Wildman–Crippen LogP) is 6.66. The minimum absolute atomic E-state index is 0.0164. The Bertz CT molecular complexity index is 1240. The summed E-state index contributed by atoms with van der Waals surface area (Å²) in [5.74, 6) is -1.77. The molecule has 8 heteroatoms. The van der Waals surface area contributed by atoms with Crippen molar-refractivity contribution in [1.82, 2.24) is 9.38 Å². The highest BCUT2D eigenvalue weighted by molar-refractivity contribution is 5.81. The van der Waals surface area contributed by atoms with Crippen molar-refractivity contribution in [3.8, 4) is 11.3 Å². The monoisotopic (exact) mass is 417 g/mol. The summed E-state index contributed by atoms with van der Waals surface area (Å²) in [5, 5.41) is 3.02. The average Bonchev–Trinajstić information content (AvgIpc) is 3.02. The molecule has 0 saturated carbocycles. The summed E-state index contributed by atoms with van der Waals surface area (Å²) in [4.78, 5) is 4.24. The molecule has 0 aliphatic rings. The lowest BCUT2D eigenvalue weighted by molar-refractivity contribution is -0.141. The molecular formula is C22H16F5N3. The highest BCUT2D eigenvalue weighted by Crippen LogP contribution is 2.38. The third kappa shape index (κ3) is 3.38. The number of hydrogen-bond donors (Lipinski definition) is 1. The van der Waals surface area contributed by atoms with Crippen LogP contribution in [0.2, 0.25) is 0 Å². The standard InChI is InChI=1S/C22H16F5N3/c1-12-5-3-6-13(2)19(12)29-21-20(15-10-9-14(23)11-16(15)24)28-18-8-4-7-17(30(18)21)22(25,26)27/h3-11,29H,1-2H3. The normalized spacial score (nSPS) is 11.8. The summed E-state index contributed by atoms with van der Waals surface area (Å²) in [6.07, 6.45) is -4.67. The molecule has 154 valence electrons. The fourth-order valence-corrected chi connectivity index (χ4v) is 3.43. The Labute approximate surface area is 168 Å². The molecule has 0 aliphatic carbocycles. The summed E-state index contributed by atoms with van der Waals surface area (Å²) >= 11 is 0. The first-order chi connectivity index (χ1) is 14.2. The largest absolute Gasteiger partial charge is 0.431 e. The van der Waals surface area contributed by atoms with Crippen molar-refractivity contribution >= 4 is 17.2 Å². The highest BCUT2D eigenvalue weighted by atomic mass is 19.4. The number of fused-ring (bicyclic) bond motifs is 1. The Morgan fingerprint density at radius 3 is 2.20 bits per heavy atom. The van der Waals surface area contributed by atoms with Crippen molar-refractivity contribution in [3.63, 3.8) is 0 Å². The lowest BCUT2D eigenvalue weighted by Crippen LogP contribution is -2.13. The van der Waals surface area contributed by atoms with Crippen LogP contribution in [0, 0.1) is 25.5 Å². The molecule has 0 aliphatic heterocycles. The van der Waals surface area contributed by atoms with Gasteiger partial charge in [-0.05, 0) is 49.2 Å². The molecule has 0 saturated heterocycles. The van der Waals surface area contributed by atoms with Crippen molar-refractivity contribution in [2.24, 2.45) is 0 Å². The van der Waals surface area contributed by atoms with E-state index in [1.807, 2.05) is 6.07 Å². The van der Waals surface area contributed by atoms with Gasteiger partial charge in [0, 0.05) is 17.3 Å². The summed E-state index contributed by atoms with van der Waals surface area (Å²) in [6.45, 7) is 3.61. The van der Waals surface area contributed by atoms with Crippen molar-refractivity contribution in [3.05, 3.63) is 83.1 Å². The van der Waals surface area contributed by atoms with E-state index in [0.717, 1.165) is 33.7 Å². The fourth-order valence-electron chi connectivity index (χ4n) is 3.43. The lowest BCUT2D eigenvalue weighted by atomic mass is 10.1. The van der Waals surface area contributed by atoms with Crippen LogP contribution in [0.15, 0.2) is 54.6 Å². The van der Waals surface area contributed by atoms with E-state index in [2.05, 4.69) is 10.3 Å². The maximum Gasteiger partial charge on any atom is 0.431 e. The number of para-hydroxylation sites is 1. The molecule has 0 amide bonds. The lowest BCUT2D eigenvalue weighted by Gasteiger charge is -2.17. The van der Waals surface area contributed by atoms with Gasteiger partial charge in [0.1, 0.15) is 34.5 Å². The number of imidazole rings is 1. The van der Waals surface area contributed by atoms with Gasteiger partial charge in [-0.25, -0.2) is 13.8 Å². The zero-order valence-electron chi connectivity index (χ0n) is 16.0. The summed E-state index contributed by atoms with van der Waals surface area (Å²) in [5.41, 5.74) is 1.03. The zero-order chi connectivity index (χ0) is 21.6. The maximum absolute atomic E-state index is 14.5. The minimum Gasteiger partial charge on any atom is -0.339 e. The number of anilines is 2. The molecular weight excluding hydrogens is 401 g/mol. The zero-order valence-corrected chi connectivity index (χ0v) is 16.0. The number of hydrogen-bond acceptors (Lipinski definition) is 2. The smallest absolute Gasteiger partial charge is 0.339 e. The molecule has 0 atom stereocenters. The number of nitrogens with zero attached hydrogens (tertiary/aromatic N) is 2.